The molecule has 1 saturated heterocycles. The van der Waals surface area contributed by atoms with E-state index in [1.54, 1.807) is 0 Å². The number of piperazine rings is 1. The van der Waals surface area contributed by atoms with E-state index in [9.17, 15) is 4.79 Å². The van der Waals surface area contributed by atoms with Gasteiger partial charge in [-0.1, -0.05) is 12.1 Å². The van der Waals surface area contributed by atoms with E-state index in [-0.39, 0.29) is 11.9 Å². The number of nitrogens with one attached hydrogen (secondary N) is 1. The van der Waals surface area contributed by atoms with E-state index in [0.29, 0.717) is 19.0 Å². The molecule has 0 spiro atoms. The molecular formula is C14H25N5O2. The molecule has 2 heterocycles. The molecule has 1 fully saturated rings. The number of hydrogen-bond acceptors (Lipinski definition) is 6. The van der Waals surface area contributed by atoms with Crippen molar-refractivity contribution < 1.29 is 9.32 Å². The molecule has 7 nitrogen and oxygen atoms in total. The number of likely N-dealkylation sites (N-methyl/N-ethyl adjacent to an activating group) is 1. The van der Waals surface area contributed by atoms with Crippen LogP contribution in [0.1, 0.15) is 38.5 Å². The lowest BCUT2D eigenvalue weighted by Gasteiger charge is -2.36. The third-order valence-electron chi connectivity index (χ3n) is 3.85. The van der Waals surface area contributed by atoms with Gasteiger partial charge in [0.05, 0.1) is 12.6 Å². The highest BCUT2D eigenvalue weighted by Crippen LogP contribution is 2.20. The molecule has 21 heavy (non-hydrogen) atoms. The molecule has 0 aromatic carbocycles. The molecule has 0 unspecified atom stereocenters. The van der Waals surface area contributed by atoms with Crippen LogP contribution in [0, 0.1) is 0 Å². The lowest BCUT2D eigenvalue weighted by atomic mass is 10.2. The van der Waals surface area contributed by atoms with Gasteiger partial charge in [-0.2, -0.15) is 4.98 Å². The quantitative estimate of drug-likeness (QED) is 0.821. The topological polar surface area (TPSA) is 74.5 Å². The lowest BCUT2D eigenvalue weighted by Crippen LogP contribution is -2.50. The van der Waals surface area contributed by atoms with Crippen molar-refractivity contribution >= 4 is 5.91 Å². The Kier molecular flexibility index (Phi) is 5.69. The highest BCUT2D eigenvalue weighted by atomic mass is 16.5. The van der Waals surface area contributed by atoms with Crippen LogP contribution in [-0.2, 0) is 11.2 Å². The number of carbonyl (C=O) groups excluding carboxylic acids is 1. The maximum Gasteiger partial charge on any atom is 0.243 e. The van der Waals surface area contributed by atoms with Crippen LogP contribution in [0.4, 0.5) is 0 Å². The third kappa shape index (κ3) is 4.25. The minimum atomic E-state index is 0.100. The van der Waals surface area contributed by atoms with Crippen molar-refractivity contribution in [3.8, 4) is 0 Å². The summed E-state index contributed by atoms with van der Waals surface area (Å²) in [6.07, 6.45) is 0.788. The Hall–Kier alpha value is -1.47. The number of carbonyl (C=O) groups is 1. The van der Waals surface area contributed by atoms with Gasteiger partial charge in [-0.3, -0.25) is 14.6 Å². The first-order valence-corrected chi connectivity index (χ1v) is 7.69. The normalized spacial score (nSPS) is 18.6. The van der Waals surface area contributed by atoms with Gasteiger partial charge in [-0.15, -0.1) is 0 Å². The molecule has 1 aromatic rings. The Bertz CT molecular complexity index is 454. The van der Waals surface area contributed by atoms with Crippen molar-refractivity contribution in [1.29, 1.82) is 0 Å². The zero-order chi connectivity index (χ0) is 15.2. The van der Waals surface area contributed by atoms with Crippen molar-refractivity contribution in [1.82, 2.24) is 25.3 Å². The molecule has 1 N–H and O–H groups in total. The second-order valence-electron chi connectivity index (χ2n) is 5.34. The molecule has 1 aromatic heterocycles. The summed E-state index contributed by atoms with van der Waals surface area (Å²) in [5.74, 6) is 1.54. The van der Waals surface area contributed by atoms with E-state index in [4.69, 9.17) is 4.52 Å². The molecule has 1 amide bonds. The molecule has 2 rings (SSSR count). The highest BCUT2D eigenvalue weighted by Gasteiger charge is 2.26. The zero-order valence-electron chi connectivity index (χ0n) is 13.1. The van der Waals surface area contributed by atoms with Gasteiger partial charge in [0, 0.05) is 39.1 Å². The van der Waals surface area contributed by atoms with Crippen LogP contribution in [0.5, 0.6) is 0 Å². The highest BCUT2D eigenvalue weighted by molar-refractivity contribution is 5.77. The van der Waals surface area contributed by atoms with E-state index in [1.807, 2.05) is 13.8 Å². The molecule has 118 valence electrons. The van der Waals surface area contributed by atoms with Crippen LogP contribution >= 0.6 is 0 Å². The van der Waals surface area contributed by atoms with Crippen molar-refractivity contribution in [2.75, 3.05) is 39.3 Å². The van der Waals surface area contributed by atoms with Gasteiger partial charge in [0.1, 0.15) is 0 Å². The van der Waals surface area contributed by atoms with E-state index in [0.717, 1.165) is 38.4 Å². The average Bonchev–Trinajstić information content (AvgIpc) is 2.96. The molecule has 1 aliphatic heterocycles. The summed E-state index contributed by atoms with van der Waals surface area (Å²) in [6.45, 7) is 10.8. The van der Waals surface area contributed by atoms with Gasteiger partial charge < -0.3 is 9.84 Å². The standard InChI is InChI=1S/C14H25N5O2/c1-4-12-16-14(21-17-12)11(3)19-8-6-18(7-9-19)10-13(20)15-5-2/h11H,4-10H2,1-3H3,(H,15,20)/t11-/m1/s1. The zero-order valence-corrected chi connectivity index (χ0v) is 13.1. The Morgan fingerprint density at radius 1 is 1.33 bits per heavy atom. The summed E-state index contributed by atoms with van der Waals surface area (Å²) >= 11 is 0. The van der Waals surface area contributed by atoms with Gasteiger partial charge >= 0.3 is 0 Å². The lowest BCUT2D eigenvalue weighted by molar-refractivity contribution is -0.122. The predicted molar refractivity (Wildman–Crippen MR) is 78.8 cm³/mol. The monoisotopic (exact) mass is 295 g/mol. The van der Waals surface area contributed by atoms with Crippen LogP contribution in [0.3, 0.4) is 0 Å². The summed E-state index contributed by atoms with van der Waals surface area (Å²) in [4.78, 5) is 20.5. The summed E-state index contributed by atoms with van der Waals surface area (Å²) in [7, 11) is 0. The summed E-state index contributed by atoms with van der Waals surface area (Å²) in [6, 6.07) is 0.129. The van der Waals surface area contributed by atoms with Gasteiger partial charge in [-0.05, 0) is 13.8 Å². The molecule has 0 aliphatic carbocycles. The van der Waals surface area contributed by atoms with Crippen molar-refractivity contribution in [3.63, 3.8) is 0 Å². The van der Waals surface area contributed by atoms with Gasteiger partial charge in [0.15, 0.2) is 5.82 Å². The molecular weight excluding hydrogens is 270 g/mol. The van der Waals surface area contributed by atoms with E-state index < -0.39 is 0 Å². The summed E-state index contributed by atoms with van der Waals surface area (Å²) in [5, 5.41) is 6.78. The fraction of sp³-hybridized carbons (Fsp3) is 0.786. The second kappa shape index (κ2) is 7.51. The van der Waals surface area contributed by atoms with Gasteiger partial charge in [0.25, 0.3) is 0 Å². The van der Waals surface area contributed by atoms with Crippen molar-refractivity contribution in [3.05, 3.63) is 11.7 Å². The van der Waals surface area contributed by atoms with E-state index >= 15 is 0 Å². The number of hydrogen-bond donors (Lipinski definition) is 1. The fourth-order valence-corrected chi connectivity index (χ4v) is 2.50. The number of rotatable bonds is 6. The minimum absolute atomic E-state index is 0.100. The summed E-state index contributed by atoms with van der Waals surface area (Å²) < 4.78 is 5.31. The molecule has 7 heteroatoms. The summed E-state index contributed by atoms with van der Waals surface area (Å²) in [5.41, 5.74) is 0. The first-order chi connectivity index (χ1) is 10.1. The molecule has 0 saturated carbocycles. The molecule has 1 atom stereocenters. The Balaban J connectivity index is 1.81. The molecule has 0 bridgehead atoms. The maximum absolute atomic E-state index is 11.6. The predicted octanol–water partition coefficient (Wildman–Crippen LogP) is 0.447. The Morgan fingerprint density at radius 3 is 2.62 bits per heavy atom. The van der Waals surface area contributed by atoms with Crippen molar-refractivity contribution in [2.45, 2.75) is 33.2 Å². The fourth-order valence-electron chi connectivity index (χ4n) is 2.50. The van der Waals surface area contributed by atoms with Crippen LogP contribution in [0.15, 0.2) is 4.52 Å². The Labute approximate surface area is 125 Å². The van der Waals surface area contributed by atoms with Crippen molar-refractivity contribution in [2.24, 2.45) is 0 Å². The van der Waals surface area contributed by atoms with E-state index in [1.165, 1.54) is 0 Å². The van der Waals surface area contributed by atoms with Crippen LogP contribution < -0.4 is 5.32 Å². The molecule has 1 aliphatic rings. The van der Waals surface area contributed by atoms with Gasteiger partial charge in [0.2, 0.25) is 11.8 Å². The third-order valence-corrected chi connectivity index (χ3v) is 3.85. The minimum Gasteiger partial charge on any atom is -0.355 e. The first kappa shape index (κ1) is 15.9. The average molecular weight is 295 g/mol. The smallest absolute Gasteiger partial charge is 0.243 e. The number of aryl methyl sites for hydroxylation is 1. The number of aromatic nitrogens is 2. The van der Waals surface area contributed by atoms with Crippen LogP contribution in [0.2, 0.25) is 0 Å². The number of amides is 1. The van der Waals surface area contributed by atoms with Crippen LogP contribution in [-0.4, -0.2) is 65.1 Å². The maximum atomic E-state index is 11.6. The number of nitrogens with zero attached hydrogens (tertiary/aromatic N) is 4. The van der Waals surface area contributed by atoms with E-state index in [2.05, 4.69) is 32.2 Å². The first-order valence-electron chi connectivity index (χ1n) is 7.69. The second-order valence-corrected chi connectivity index (χ2v) is 5.34. The largest absolute Gasteiger partial charge is 0.355 e. The van der Waals surface area contributed by atoms with Crippen LogP contribution in [0.25, 0.3) is 0 Å². The molecule has 0 radical (unpaired) electrons. The SMILES string of the molecule is CCNC(=O)CN1CCN([C@H](C)c2nc(CC)no2)CC1. The van der Waals surface area contributed by atoms with Gasteiger partial charge in [-0.25, -0.2) is 0 Å². The Morgan fingerprint density at radius 2 is 2.05 bits per heavy atom.